The van der Waals surface area contributed by atoms with E-state index in [1.807, 2.05) is 50.3 Å². The molecule has 0 bridgehead atoms. The van der Waals surface area contributed by atoms with Gasteiger partial charge in [0.05, 0.1) is 11.3 Å². The molecule has 2 aromatic carbocycles. The van der Waals surface area contributed by atoms with E-state index in [2.05, 4.69) is 17.5 Å². The lowest BCUT2D eigenvalue weighted by atomic mass is 9.83. The molecule has 0 saturated heterocycles. The fourth-order valence-corrected chi connectivity index (χ4v) is 5.60. The van der Waals surface area contributed by atoms with E-state index in [1.54, 1.807) is 36.4 Å². The van der Waals surface area contributed by atoms with Crippen molar-refractivity contribution in [2.24, 2.45) is 0 Å². The number of amides is 1. The number of ketones is 2. The van der Waals surface area contributed by atoms with Crippen LogP contribution in [0, 0.1) is 0 Å². The van der Waals surface area contributed by atoms with Crippen molar-refractivity contribution in [2.45, 2.75) is 31.6 Å². The standard InChI is InChI=1S/C31H25NO3S/c1-19-9-7-10-21(15-14-19)31(35)32-25-16-17-26(36-22-11-4-3-8-20(2)18-22)28-27(25)29(33)23-12-5-6-13-24(23)30(28)34/h3-9,12-18H,10-11H2,1-2H3,(H,32,35). The molecule has 4 nitrogen and oxygen atoms in total. The summed E-state index contributed by atoms with van der Waals surface area (Å²) >= 11 is 1.49. The Hall–Kier alpha value is -3.96. The molecule has 0 spiro atoms. The first-order chi connectivity index (χ1) is 17.4. The van der Waals surface area contributed by atoms with Crippen LogP contribution in [-0.2, 0) is 4.79 Å². The Labute approximate surface area is 214 Å². The summed E-state index contributed by atoms with van der Waals surface area (Å²) in [6.45, 7) is 4.00. The summed E-state index contributed by atoms with van der Waals surface area (Å²) in [5.74, 6) is -0.745. The molecule has 5 rings (SSSR count). The molecule has 0 aliphatic heterocycles. The Morgan fingerprint density at radius 2 is 1.58 bits per heavy atom. The molecular formula is C31H25NO3S. The van der Waals surface area contributed by atoms with Gasteiger partial charge < -0.3 is 5.32 Å². The molecule has 0 heterocycles. The van der Waals surface area contributed by atoms with Crippen molar-refractivity contribution >= 4 is 34.9 Å². The molecule has 0 radical (unpaired) electrons. The maximum absolute atomic E-state index is 13.7. The lowest BCUT2D eigenvalue weighted by molar-refractivity contribution is -0.112. The van der Waals surface area contributed by atoms with Crippen molar-refractivity contribution in [1.29, 1.82) is 0 Å². The predicted octanol–water partition coefficient (Wildman–Crippen LogP) is 7.12. The van der Waals surface area contributed by atoms with Gasteiger partial charge in [0.25, 0.3) is 5.91 Å². The van der Waals surface area contributed by atoms with Crippen molar-refractivity contribution in [3.8, 4) is 0 Å². The van der Waals surface area contributed by atoms with E-state index in [1.165, 1.54) is 11.8 Å². The molecule has 36 heavy (non-hydrogen) atoms. The number of carbonyl (C=O) groups excluding carboxylic acids is 3. The van der Waals surface area contributed by atoms with E-state index in [-0.39, 0.29) is 23.0 Å². The zero-order valence-corrected chi connectivity index (χ0v) is 20.9. The summed E-state index contributed by atoms with van der Waals surface area (Å²) in [7, 11) is 0. The van der Waals surface area contributed by atoms with Crippen molar-refractivity contribution in [3.63, 3.8) is 0 Å². The Balaban J connectivity index is 1.59. The predicted molar refractivity (Wildman–Crippen MR) is 145 cm³/mol. The number of thioether (sulfide) groups is 1. The number of nitrogens with one attached hydrogen (secondary N) is 1. The SMILES string of the molecule is CC1=CC=C(C(=O)Nc2ccc(SC3=CC(C)=CC=CC3)c3c2C(=O)c2ccccc2C3=O)CC=C1. The van der Waals surface area contributed by atoms with Gasteiger partial charge in [-0.15, -0.1) is 0 Å². The molecule has 3 aliphatic carbocycles. The van der Waals surface area contributed by atoms with Gasteiger partial charge in [0.1, 0.15) is 0 Å². The molecule has 178 valence electrons. The molecule has 0 aromatic heterocycles. The van der Waals surface area contributed by atoms with Gasteiger partial charge in [0.15, 0.2) is 11.6 Å². The summed E-state index contributed by atoms with van der Waals surface area (Å²) in [4.78, 5) is 42.4. The third-order valence-corrected chi connectivity index (χ3v) is 7.39. The van der Waals surface area contributed by atoms with Gasteiger partial charge in [-0.05, 0) is 49.8 Å². The summed E-state index contributed by atoms with van der Waals surface area (Å²) in [6.07, 6.45) is 17.1. The first-order valence-electron chi connectivity index (χ1n) is 11.8. The molecule has 1 amide bonds. The van der Waals surface area contributed by atoms with Crippen LogP contribution in [0.1, 0.15) is 58.5 Å². The van der Waals surface area contributed by atoms with E-state index in [4.69, 9.17) is 0 Å². The van der Waals surface area contributed by atoms with E-state index in [9.17, 15) is 14.4 Å². The normalized spacial score (nSPS) is 16.6. The van der Waals surface area contributed by atoms with Gasteiger partial charge in [-0.2, -0.15) is 0 Å². The maximum atomic E-state index is 13.7. The first-order valence-corrected chi connectivity index (χ1v) is 12.7. The van der Waals surface area contributed by atoms with Crippen LogP contribution in [0.4, 0.5) is 5.69 Å². The summed E-state index contributed by atoms with van der Waals surface area (Å²) in [6, 6.07) is 10.4. The monoisotopic (exact) mass is 491 g/mol. The molecule has 0 fully saturated rings. The number of anilines is 1. The third kappa shape index (κ3) is 4.62. The van der Waals surface area contributed by atoms with Crippen molar-refractivity contribution in [1.82, 2.24) is 0 Å². The fourth-order valence-electron chi connectivity index (χ4n) is 4.46. The second-order valence-corrected chi connectivity index (χ2v) is 10.2. The van der Waals surface area contributed by atoms with Crippen LogP contribution in [0.25, 0.3) is 0 Å². The highest BCUT2D eigenvalue weighted by atomic mass is 32.2. The molecule has 2 aromatic rings. The van der Waals surface area contributed by atoms with Gasteiger partial charge in [-0.1, -0.05) is 89.7 Å². The lowest BCUT2D eigenvalue weighted by Crippen LogP contribution is -2.25. The highest BCUT2D eigenvalue weighted by molar-refractivity contribution is 8.03. The summed E-state index contributed by atoms with van der Waals surface area (Å²) in [5.41, 5.74) is 4.47. The van der Waals surface area contributed by atoms with Crippen LogP contribution >= 0.6 is 11.8 Å². The molecule has 3 aliphatic rings. The Kier molecular flexibility index (Phi) is 6.57. The number of benzene rings is 2. The van der Waals surface area contributed by atoms with Gasteiger partial charge in [-0.25, -0.2) is 0 Å². The average Bonchev–Trinajstić information content (AvgIpc) is 3.22. The molecule has 0 unspecified atom stereocenters. The van der Waals surface area contributed by atoms with Crippen LogP contribution in [0.5, 0.6) is 0 Å². The zero-order valence-electron chi connectivity index (χ0n) is 20.1. The van der Waals surface area contributed by atoms with Gasteiger partial charge in [-0.3, -0.25) is 14.4 Å². The molecular weight excluding hydrogens is 466 g/mol. The van der Waals surface area contributed by atoms with Gasteiger partial charge in [0.2, 0.25) is 0 Å². The number of fused-ring (bicyclic) bond motifs is 2. The van der Waals surface area contributed by atoms with Crippen molar-refractivity contribution in [2.75, 3.05) is 5.32 Å². The number of hydrogen-bond donors (Lipinski definition) is 1. The highest BCUT2D eigenvalue weighted by Gasteiger charge is 2.34. The second kappa shape index (κ2) is 9.96. The largest absolute Gasteiger partial charge is 0.322 e. The Morgan fingerprint density at radius 1 is 0.833 bits per heavy atom. The van der Waals surface area contributed by atoms with E-state index in [0.29, 0.717) is 39.3 Å². The lowest BCUT2D eigenvalue weighted by Gasteiger charge is -2.23. The van der Waals surface area contributed by atoms with Crippen LogP contribution in [-0.4, -0.2) is 17.5 Å². The van der Waals surface area contributed by atoms with E-state index in [0.717, 1.165) is 22.5 Å². The highest BCUT2D eigenvalue weighted by Crippen LogP contribution is 2.41. The number of allylic oxidation sites excluding steroid dienone is 11. The maximum Gasteiger partial charge on any atom is 0.251 e. The molecule has 5 heteroatoms. The molecule has 0 atom stereocenters. The van der Waals surface area contributed by atoms with E-state index < -0.39 is 0 Å². The van der Waals surface area contributed by atoms with Gasteiger partial charge >= 0.3 is 0 Å². The van der Waals surface area contributed by atoms with Crippen LogP contribution in [0.3, 0.4) is 0 Å². The van der Waals surface area contributed by atoms with Crippen LogP contribution < -0.4 is 5.32 Å². The van der Waals surface area contributed by atoms with E-state index >= 15 is 0 Å². The van der Waals surface area contributed by atoms with Crippen LogP contribution in [0.15, 0.2) is 112 Å². The number of hydrogen-bond acceptors (Lipinski definition) is 4. The van der Waals surface area contributed by atoms with Crippen molar-refractivity contribution < 1.29 is 14.4 Å². The van der Waals surface area contributed by atoms with Crippen molar-refractivity contribution in [3.05, 3.63) is 129 Å². The van der Waals surface area contributed by atoms with Gasteiger partial charge in [0, 0.05) is 27.2 Å². The Morgan fingerprint density at radius 3 is 2.36 bits per heavy atom. The molecule has 0 saturated carbocycles. The number of carbonyl (C=O) groups is 3. The topological polar surface area (TPSA) is 63.2 Å². The summed E-state index contributed by atoms with van der Waals surface area (Å²) in [5, 5.41) is 2.92. The minimum Gasteiger partial charge on any atom is -0.322 e. The summed E-state index contributed by atoms with van der Waals surface area (Å²) < 4.78 is 0. The minimum atomic E-state index is -0.287. The zero-order chi connectivity index (χ0) is 25.2. The second-order valence-electron chi connectivity index (χ2n) is 8.98. The first kappa shape index (κ1) is 23.8. The number of rotatable bonds is 4. The fraction of sp³-hybridized carbons (Fsp3) is 0.129. The van der Waals surface area contributed by atoms with Crippen LogP contribution in [0.2, 0.25) is 0 Å². The average molecular weight is 492 g/mol. The minimum absolute atomic E-state index is 0.203. The third-order valence-electron chi connectivity index (χ3n) is 6.29. The molecule has 1 N–H and O–H groups in total. The quantitative estimate of drug-likeness (QED) is 0.422. The Bertz CT molecular complexity index is 1500. The smallest absolute Gasteiger partial charge is 0.251 e.